The average molecular weight is 423 g/mol. The molecule has 3 N–H and O–H groups in total. The van der Waals surface area contributed by atoms with Gasteiger partial charge in [0.2, 0.25) is 5.91 Å². The highest BCUT2D eigenvalue weighted by atomic mass is 35.5. The highest BCUT2D eigenvalue weighted by molar-refractivity contribution is 6.32. The molecule has 0 aliphatic heterocycles. The summed E-state index contributed by atoms with van der Waals surface area (Å²) in [6.45, 7) is 6.32. The smallest absolute Gasteiger partial charge is 0.325 e. The van der Waals surface area contributed by atoms with Crippen molar-refractivity contribution in [2.75, 3.05) is 13.2 Å². The number of benzene rings is 1. The van der Waals surface area contributed by atoms with E-state index in [-0.39, 0.29) is 12.0 Å². The first kappa shape index (κ1) is 22.2. The topological polar surface area (TPSA) is 126 Å². The van der Waals surface area contributed by atoms with Gasteiger partial charge in [-0.3, -0.25) is 14.6 Å². The predicted molar refractivity (Wildman–Crippen MR) is 110 cm³/mol. The summed E-state index contributed by atoms with van der Waals surface area (Å²) in [5, 5.41) is 4.25. The first-order valence-electron chi connectivity index (χ1n) is 9.08. The summed E-state index contributed by atoms with van der Waals surface area (Å²) >= 11 is 6.28. The molecule has 1 aromatic heterocycles. The van der Waals surface area contributed by atoms with E-state index in [1.165, 1.54) is 6.21 Å². The Balaban J connectivity index is 2.10. The third-order valence-electron chi connectivity index (χ3n) is 3.78. The van der Waals surface area contributed by atoms with Gasteiger partial charge in [-0.1, -0.05) is 18.5 Å². The van der Waals surface area contributed by atoms with Crippen LogP contribution in [-0.4, -0.2) is 35.3 Å². The number of halogens is 1. The number of hydrogen-bond donors (Lipinski definition) is 3. The van der Waals surface area contributed by atoms with E-state index in [0.717, 1.165) is 6.42 Å². The maximum absolute atomic E-state index is 12.1. The molecule has 0 aliphatic rings. The number of ether oxygens (including phenoxy) is 2. The maximum Gasteiger partial charge on any atom is 0.325 e. The molecule has 0 saturated carbocycles. The van der Waals surface area contributed by atoms with E-state index in [0.29, 0.717) is 41.0 Å². The number of hydrazone groups is 1. The molecule has 1 heterocycles. The van der Waals surface area contributed by atoms with Crippen molar-refractivity contribution in [1.29, 1.82) is 0 Å². The molecule has 10 heteroatoms. The number of nitrogens with zero attached hydrogens (tertiary/aromatic N) is 1. The Morgan fingerprint density at radius 1 is 1.24 bits per heavy atom. The number of aromatic nitrogens is 2. The zero-order valence-electron chi connectivity index (χ0n) is 16.4. The first-order chi connectivity index (χ1) is 13.8. The largest absolute Gasteiger partial charge is 0.490 e. The highest BCUT2D eigenvalue weighted by Gasteiger charge is 2.13. The lowest BCUT2D eigenvalue weighted by atomic mass is 10.1. The van der Waals surface area contributed by atoms with E-state index < -0.39 is 17.2 Å². The lowest BCUT2D eigenvalue weighted by Gasteiger charge is -2.13. The number of H-pyrrole nitrogens is 2. The molecule has 0 atom stereocenters. The van der Waals surface area contributed by atoms with Gasteiger partial charge in [-0.2, -0.15) is 5.10 Å². The summed E-state index contributed by atoms with van der Waals surface area (Å²) in [7, 11) is 0. The second-order valence-corrected chi connectivity index (χ2v) is 6.50. The Kier molecular flexibility index (Phi) is 8.02. The van der Waals surface area contributed by atoms with Crippen molar-refractivity contribution in [2.24, 2.45) is 5.10 Å². The number of amides is 1. The van der Waals surface area contributed by atoms with Crippen LogP contribution in [0.3, 0.4) is 0 Å². The average Bonchev–Trinajstić information content (AvgIpc) is 2.64. The standard InChI is InChI=1S/C19H23ClN4O5/c1-4-6-29-17-14(20)7-12(8-15(17)28-5-2)10-21-24-16(25)9-13-11(3)22-19(27)23-18(13)26/h7-8,10H,4-6,9H2,1-3H3,(H,24,25)(H2,22,23,26,27)/b21-10-. The lowest BCUT2D eigenvalue weighted by molar-refractivity contribution is -0.120. The summed E-state index contributed by atoms with van der Waals surface area (Å²) in [6.07, 6.45) is 2.00. The van der Waals surface area contributed by atoms with Gasteiger partial charge in [0.05, 0.1) is 30.9 Å². The van der Waals surface area contributed by atoms with Crippen LogP contribution in [0.1, 0.15) is 37.1 Å². The minimum absolute atomic E-state index is 0.163. The molecule has 156 valence electrons. The van der Waals surface area contributed by atoms with Gasteiger partial charge >= 0.3 is 5.69 Å². The molecule has 0 fully saturated rings. The van der Waals surface area contributed by atoms with E-state index >= 15 is 0 Å². The number of hydrogen-bond acceptors (Lipinski definition) is 6. The van der Waals surface area contributed by atoms with Gasteiger partial charge in [-0.15, -0.1) is 0 Å². The molecule has 0 saturated heterocycles. The fraction of sp³-hybridized carbons (Fsp3) is 0.368. The van der Waals surface area contributed by atoms with Crippen LogP contribution in [0.15, 0.2) is 26.8 Å². The SMILES string of the molecule is CCCOc1c(Cl)cc(/C=N\NC(=O)Cc2c(C)[nH]c(=O)[nH]c2=O)cc1OCC. The first-order valence-corrected chi connectivity index (χ1v) is 9.46. The van der Waals surface area contributed by atoms with Crippen molar-refractivity contribution >= 4 is 23.7 Å². The number of rotatable bonds is 9. The fourth-order valence-electron chi connectivity index (χ4n) is 2.49. The van der Waals surface area contributed by atoms with Crippen LogP contribution in [-0.2, 0) is 11.2 Å². The summed E-state index contributed by atoms with van der Waals surface area (Å²) in [6, 6.07) is 3.34. The Morgan fingerprint density at radius 3 is 2.66 bits per heavy atom. The van der Waals surface area contributed by atoms with Crippen molar-refractivity contribution in [2.45, 2.75) is 33.6 Å². The fourth-order valence-corrected chi connectivity index (χ4v) is 2.76. The number of carbonyl (C=O) groups excluding carboxylic acids is 1. The van der Waals surface area contributed by atoms with E-state index in [4.69, 9.17) is 21.1 Å². The van der Waals surface area contributed by atoms with Gasteiger partial charge in [0, 0.05) is 11.3 Å². The summed E-state index contributed by atoms with van der Waals surface area (Å²) < 4.78 is 11.2. The molecular weight excluding hydrogens is 400 g/mol. The molecule has 0 unspecified atom stereocenters. The van der Waals surface area contributed by atoms with Crippen molar-refractivity contribution in [3.8, 4) is 11.5 Å². The van der Waals surface area contributed by atoms with Crippen molar-refractivity contribution < 1.29 is 14.3 Å². The van der Waals surface area contributed by atoms with Crippen LogP contribution in [0.2, 0.25) is 5.02 Å². The van der Waals surface area contributed by atoms with Gasteiger partial charge in [-0.25, -0.2) is 10.2 Å². The van der Waals surface area contributed by atoms with Gasteiger partial charge in [-0.05, 0) is 38.0 Å². The minimum atomic E-state index is -0.622. The molecule has 1 amide bonds. The molecule has 2 rings (SSSR count). The van der Waals surface area contributed by atoms with Gasteiger partial charge in [0.15, 0.2) is 11.5 Å². The van der Waals surface area contributed by atoms with Crippen molar-refractivity contribution in [3.63, 3.8) is 0 Å². The van der Waals surface area contributed by atoms with E-state index in [1.54, 1.807) is 19.1 Å². The third kappa shape index (κ3) is 6.21. The highest BCUT2D eigenvalue weighted by Crippen LogP contribution is 2.36. The van der Waals surface area contributed by atoms with E-state index in [9.17, 15) is 14.4 Å². The zero-order valence-corrected chi connectivity index (χ0v) is 17.2. The second-order valence-electron chi connectivity index (χ2n) is 6.09. The van der Waals surface area contributed by atoms with Gasteiger partial charge in [0.25, 0.3) is 5.56 Å². The number of nitrogens with one attached hydrogen (secondary N) is 3. The molecule has 29 heavy (non-hydrogen) atoms. The third-order valence-corrected chi connectivity index (χ3v) is 4.06. The normalized spacial score (nSPS) is 10.9. The molecule has 0 spiro atoms. The second kappa shape index (κ2) is 10.5. The van der Waals surface area contributed by atoms with Gasteiger partial charge < -0.3 is 14.5 Å². The van der Waals surface area contributed by atoms with E-state index in [1.807, 2.05) is 13.8 Å². The Labute approximate surface area is 172 Å². The maximum atomic E-state index is 12.1. The molecule has 9 nitrogen and oxygen atoms in total. The summed E-state index contributed by atoms with van der Waals surface area (Å²) in [5.41, 5.74) is 2.20. The number of aromatic amines is 2. The lowest BCUT2D eigenvalue weighted by Crippen LogP contribution is -2.30. The Hall–Kier alpha value is -3.07. The van der Waals surface area contributed by atoms with Crippen LogP contribution < -0.4 is 26.1 Å². The quantitative estimate of drug-likeness (QED) is 0.420. The van der Waals surface area contributed by atoms with Crippen molar-refractivity contribution in [1.82, 2.24) is 15.4 Å². The Bertz CT molecular complexity index is 1010. The zero-order chi connectivity index (χ0) is 21.4. The molecular formula is C19H23ClN4O5. The van der Waals surface area contributed by atoms with E-state index in [2.05, 4.69) is 20.5 Å². The van der Waals surface area contributed by atoms with Crippen LogP contribution in [0.25, 0.3) is 0 Å². The summed E-state index contributed by atoms with van der Waals surface area (Å²) in [4.78, 5) is 39.6. The number of carbonyl (C=O) groups is 1. The Morgan fingerprint density at radius 2 is 2.00 bits per heavy atom. The van der Waals surface area contributed by atoms with Gasteiger partial charge in [0.1, 0.15) is 0 Å². The minimum Gasteiger partial charge on any atom is -0.490 e. The van der Waals surface area contributed by atoms with Crippen LogP contribution in [0.4, 0.5) is 0 Å². The van der Waals surface area contributed by atoms with Crippen molar-refractivity contribution in [3.05, 3.63) is 54.8 Å². The molecule has 1 aromatic carbocycles. The molecule has 2 aromatic rings. The molecule has 0 radical (unpaired) electrons. The van der Waals surface area contributed by atoms with Crippen LogP contribution in [0, 0.1) is 6.92 Å². The number of aryl methyl sites for hydroxylation is 1. The molecule has 0 aliphatic carbocycles. The monoisotopic (exact) mass is 422 g/mol. The predicted octanol–water partition coefficient (Wildman–Crippen LogP) is 1.91. The van der Waals surface area contributed by atoms with Crippen LogP contribution >= 0.6 is 11.6 Å². The summed E-state index contributed by atoms with van der Waals surface area (Å²) in [5.74, 6) is 0.432. The molecule has 0 bridgehead atoms. The van der Waals surface area contributed by atoms with Crippen LogP contribution in [0.5, 0.6) is 11.5 Å².